The number of carbonyl (C=O) groups excluding carboxylic acids is 1. The summed E-state index contributed by atoms with van der Waals surface area (Å²) in [7, 11) is 1.28. The molecule has 9 heteroatoms. The number of furan rings is 1. The van der Waals surface area contributed by atoms with Gasteiger partial charge < -0.3 is 9.15 Å². The van der Waals surface area contributed by atoms with Gasteiger partial charge in [0.25, 0.3) is 0 Å². The summed E-state index contributed by atoms with van der Waals surface area (Å²) >= 11 is 0. The molecule has 4 heterocycles. The molecule has 0 atom stereocenters. The van der Waals surface area contributed by atoms with Crippen molar-refractivity contribution >= 4 is 11.5 Å². The number of pyridine rings is 1. The van der Waals surface area contributed by atoms with Gasteiger partial charge in [0.05, 0.1) is 24.5 Å². The molecule has 0 bridgehead atoms. The third-order valence-corrected chi connectivity index (χ3v) is 4.58. The Morgan fingerprint density at radius 3 is 2.71 bits per heavy atom. The Kier molecular flexibility index (Phi) is 4.21. The molecule has 7 nitrogen and oxygen atoms in total. The summed E-state index contributed by atoms with van der Waals surface area (Å²) in [6, 6.07) is 6.80. The van der Waals surface area contributed by atoms with Crippen LogP contribution in [0.1, 0.15) is 28.5 Å². The molecule has 0 spiro atoms. The fourth-order valence-corrected chi connectivity index (χ4v) is 3.27. The van der Waals surface area contributed by atoms with E-state index in [2.05, 4.69) is 14.9 Å². The first-order valence-corrected chi connectivity index (χ1v) is 8.41. The standard InChI is InChI=1S/C19H16F2N4O3/c1-10-17(11(2)25(23-10)19(20)21)13-9-22-24-7-6-12(8-14(13)24)15-4-5-16(28-15)18(26)27-3/h4-9,19H,1-3H3. The van der Waals surface area contributed by atoms with Gasteiger partial charge in [0, 0.05) is 28.6 Å². The third-order valence-electron chi connectivity index (χ3n) is 4.58. The van der Waals surface area contributed by atoms with Gasteiger partial charge in [0.1, 0.15) is 5.76 Å². The van der Waals surface area contributed by atoms with Crippen LogP contribution in [0.15, 0.2) is 41.1 Å². The number of fused-ring (bicyclic) bond motifs is 1. The highest BCUT2D eigenvalue weighted by molar-refractivity contribution is 5.88. The zero-order chi connectivity index (χ0) is 20.0. The highest BCUT2D eigenvalue weighted by atomic mass is 19.3. The molecule has 0 saturated carbocycles. The third kappa shape index (κ3) is 2.75. The zero-order valence-corrected chi connectivity index (χ0v) is 15.3. The van der Waals surface area contributed by atoms with Crippen LogP contribution >= 0.6 is 0 Å². The van der Waals surface area contributed by atoms with Crippen molar-refractivity contribution < 1.29 is 22.7 Å². The predicted octanol–water partition coefficient (Wildman–Crippen LogP) is 4.26. The maximum Gasteiger partial charge on any atom is 0.373 e. The smallest absolute Gasteiger partial charge is 0.373 e. The number of esters is 1. The monoisotopic (exact) mass is 386 g/mol. The minimum absolute atomic E-state index is 0.0935. The molecule has 28 heavy (non-hydrogen) atoms. The van der Waals surface area contributed by atoms with Gasteiger partial charge in [0.2, 0.25) is 5.76 Å². The van der Waals surface area contributed by atoms with Crippen LogP contribution in [-0.2, 0) is 4.74 Å². The molecule has 0 unspecified atom stereocenters. The van der Waals surface area contributed by atoms with Crippen LogP contribution in [0.4, 0.5) is 8.78 Å². The van der Waals surface area contributed by atoms with Gasteiger partial charge in [-0.2, -0.15) is 19.0 Å². The van der Waals surface area contributed by atoms with Gasteiger partial charge >= 0.3 is 12.5 Å². The first kappa shape index (κ1) is 17.9. The van der Waals surface area contributed by atoms with Crippen molar-refractivity contribution in [3.63, 3.8) is 0 Å². The first-order valence-electron chi connectivity index (χ1n) is 8.41. The van der Waals surface area contributed by atoms with E-state index in [4.69, 9.17) is 4.42 Å². The number of ether oxygens (including phenoxy) is 1. The lowest BCUT2D eigenvalue weighted by Gasteiger charge is -2.04. The van der Waals surface area contributed by atoms with Gasteiger partial charge in [-0.05, 0) is 38.1 Å². The van der Waals surface area contributed by atoms with Crippen LogP contribution in [0.3, 0.4) is 0 Å². The summed E-state index contributed by atoms with van der Waals surface area (Å²) < 4.78 is 38.9. The highest BCUT2D eigenvalue weighted by Crippen LogP contribution is 2.34. The number of alkyl halides is 2. The Bertz CT molecular complexity index is 1190. The van der Waals surface area contributed by atoms with Crippen molar-refractivity contribution in [3.05, 3.63) is 53.8 Å². The van der Waals surface area contributed by atoms with Crippen molar-refractivity contribution in [1.82, 2.24) is 19.4 Å². The largest absolute Gasteiger partial charge is 0.463 e. The molecule has 0 aliphatic carbocycles. The molecule has 4 rings (SSSR count). The fraction of sp³-hybridized carbons (Fsp3) is 0.211. The fourth-order valence-electron chi connectivity index (χ4n) is 3.27. The molecule has 0 aliphatic rings. The molecular weight excluding hydrogens is 370 g/mol. The molecule has 0 fully saturated rings. The van der Waals surface area contributed by atoms with Crippen LogP contribution in [0.25, 0.3) is 28.0 Å². The summed E-state index contributed by atoms with van der Waals surface area (Å²) in [4.78, 5) is 11.6. The molecule has 4 aromatic rings. The van der Waals surface area contributed by atoms with E-state index in [-0.39, 0.29) is 5.76 Å². The van der Waals surface area contributed by atoms with Gasteiger partial charge in [-0.1, -0.05) is 0 Å². The Labute approximate surface area is 158 Å². The van der Waals surface area contributed by atoms with Gasteiger partial charge in [-0.25, -0.2) is 14.0 Å². The summed E-state index contributed by atoms with van der Waals surface area (Å²) in [5.41, 5.74) is 3.56. The predicted molar refractivity (Wildman–Crippen MR) is 96.2 cm³/mol. The molecule has 0 aromatic carbocycles. The lowest BCUT2D eigenvalue weighted by Crippen LogP contribution is -2.02. The molecule has 4 aromatic heterocycles. The molecule has 144 valence electrons. The second-order valence-electron chi connectivity index (χ2n) is 6.23. The van der Waals surface area contributed by atoms with Gasteiger partial charge in [-0.15, -0.1) is 0 Å². The van der Waals surface area contributed by atoms with E-state index in [1.165, 1.54) is 13.2 Å². The molecule has 0 saturated heterocycles. The average Bonchev–Trinajstić information content (AvgIpc) is 3.38. The van der Waals surface area contributed by atoms with Crippen LogP contribution in [0.2, 0.25) is 0 Å². The van der Waals surface area contributed by atoms with Gasteiger partial charge in [0.15, 0.2) is 0 Å². The summed E-state index contributed by atoms with van der Waals surface area (Å²) in [6.45, 7) is 0.568. The van der Waals surface area contributed by atoms with Crippen LogP contribution in [0.5, 0.6) is 0 Å². The number of halogens is 2. The number of aromatic nitrogens is 4. The maximum atomic E-state index is 13.2. The second-order valence-corrected chi connectivity index (χ2v) is 6.23. The van der Waals surface area contributed by atoms with E-state index in [0.29, 0.717) is 44.0 Å². The van der Waals surface area contributed by atoms with Gasteiger partial charge in [-0.3, -0.25) is 0 Å². The minimum atomic E-state index is -2.72. The number of rotatable bonds is 4. The van der Waals surface area contributed by atoms with E-state index in [1.807, 2.05) is 6.07 Å². The number of carbonyl (C=O) groups is 1. The van der Waals surface area contributed by atoms with E-state index < -0.39 is 12.5 Å². The van der Waals surface area contributed by atoms with Crippen molar-refractivity contribution in [1.29, 1.82) is 0 Å². The lowest BCUT2D eigenvalue weighted by atomic mass is 10.0. The number of nitrogens with zero attached hydrogens (tertiary/aromatic N) is 4. The number of methoxy groups -OCH3 is 1. The Morgan fingerprint density at radius 2 is 2.04 bits per heavy atom. The number of hydrogen-bond donors (Lipinski definition) is 0. The molecule has 0 radical (unpaired) electrons. The zero-order valence-electron chi connectivity index (χ0n) is 15.3. The van der Waals surface area contributed by atoms with E-state index in [9.17, 15) is 13.6 Å². The Morgan fingerprint density at radius 1 is 1.25 bits per heavy atom. The second kappa shape index (κ2) is 6.59. The Balaban J connectivity index is 1.84. The van der Waals surface area contributed by atoms with Crippen molar-refractivity contribution in [3.8, 4) is 22.5 Å². The first-order chi connectivity index (χ1) is 13.4. The molecule has 0 amide bonds. The number of aryl methyl sites for hydroxylation is 1. The minimum Gasteiger partial charge on any atom is -0.463 e. The average molecular weight is 386 g/mol. The molecule has 0 aliphatic heterocycles. The molecule has 0 N–H and O–H groups in total. The van der Waals surface area contributed by atoms with Crippen molar-refractivity contribution in [2.24, 2.45) is 0 Å². The van der Waals surface area contributed by atoms with Crippen molar-refractivity contribution in [2.75, 3.05) is 7.11 Å². The SMILES string of the molecule is COC(=O)c1ccc(-c2ccn3ncc(-c4c(C)nn(C(F)F)c4C)c3c2)o1. The normalized spacial score (nSPS) is 11.5. The van der Waals surface area contributed by atoms with Crippen LogP contribution in [-0.4, -0.2) is 32.5 Å². The van der Waals surface area contributed by atoms with E-state index in [1.54, 1.807) is 42.9 Å². The maximum absolute atomic E-state index is 13.2. The summed E-state index contributed by atoms with van der Waals surface area (Å²) in [6.07, 6.45) is 3.35. The topological polar surface area (TPSA) is 74.6 Å². The van der Waals surface area contributed by atoms with Crippen molar-refractivity contribution in [2.45, 2.75) is 20.4 Å². The van der Waals surface area contributed by atoms with E-state index in [0.717, 1.165) is 0 Å². The quantitative estimate of drug-likeness (QED) is 0.490. The summed E-state index contributed by atoms with van der Waals surface area (Å²) in [5.74, 6) is 0.00538. The van der Waals surface area contributed by atoms with E-state index >= 15 is 0 Å². The highest BCUT2D eigenvalue weighted by Gasteiger charge is 2.21. The Hall–Kier alpha value is -3.49. The lowest BCUT2D eigenvalue weighted by molar-refractivity contribution is 0.0540. The molecular formula is C19H16F2N4O3. The van der Waals surface area contributed by atoms with Crippen LogP contribution < -0.4 is 0 Å². The summed E-state index contributed by atoms with van der Waals surface area (Å²) in [5, 5.41) is 8.25. The van der Waals surface area contributed by atoms with Crippen LogP contribution in [0, 0.1) is 13.8 Å². The number of hydrogen-bond acceptors (Lipinski definition) is 5.